The number of pyridine rings is 1. The molecular weight excluding hydrogens is 741 g/mol. The van der Waals surface area contributed by atoms with Crippen molar-refractivity contribution in [1.29, 1.82) is 0 Å². The van der Waals surface area contributed by atoms with Gasteiger partial charge in [0, 0.05) is 44.0 Å². The molecule has 7 heteroatoms. The third kappa shape index (κ3) is 6.40. The van der Waals surface area contributed by atoms with Crippen LogP contribution in [0.1, 0.15) is 0 Å². The van der Waals surface area contributed by atoms with Gasteiger partial charge in [0.25, 0.3) is 0 Å². The van der Waals surface area contributed by atoms with Gasteiger partial charge in [-0.1, -0.05) is 158 Å². The van der Waals surface area contributed by atoms with Crippen molar-refractivity contribution in [2.75, 3.05) is 0 Å². The maximum Gasteiger partial charge on any atom is 0.164 e. The highest BCUT2D eigenvalue weighted by molar-refractivity contribution is 7.00. The summed E-state index contributed by atoms with van der Waals surface area (Å²) in [4.78, 5) is 20.7. The number of aromatic nitrogens is 6. The Labute approximate surface area is 344 Å². The summed E-state index contributed by atoms with van der Waals surface area (Å²) >= 11 is 1.23. The van der Waals surface area contributed by atoms with E-state index in [1.165, 1.54) is 11.7 Å². The fourth-order valence-electron chi connectivity index (χ4n) is 7.93. The maximum absolute atomic E-state index is 5.24. The van der Waals surface area contributed by atoms with E-state index in [1.54, 1.807) is 0 Å². The van der Waals surface area contributed by atoms with E-state index in [0.717, 1.165) is 94.0 Å². The van der Waals surface area contributed by atoms with E-state index in [0.29, 0.717) is 17.5 Å². The van der Waals surface area contributed by atoms with Gasteiger partial charge in [0.15, 0.2) is 17.5 Å². The summed E-state index contributed by atoms with van der Waals surface area (Å²) in [7, 11) is 0. The number of nitrogens with zero attached hydrogens (tertiary/aromatic N) is 6. The summed E-state index contributed by atoms with van der Waals surface area (Å²) < 4.78 is 9.82. The van der Waals surface area contributed by atoms with Crippen LogP contribution < -0.4 is 0 Å². The van der Waals surface area contributed by atoms with Crippen LogP contribution in [0.3, 0.4) is 0 Å². The fourth-order valence-corrected chi connectivity index (χ4v) is 8.49. The van der Waals surface area contributed by atoms with Crippen LogP contribution in [0.25, 0.3) is 112 Å². The second kappa shape index (κ2) is 14.6. The molecule has 0 N–H and O–H groups in total. The highest BCUT2D eigenvalue weighted by Crippen LogP contribution is 2.42. The number of rotatable bonds is 7. The van der Waals surface area contributed by atoms with Crippen molar-refractivity contribution < 1.29 is 0 Å². The molecule has 0 spiro atoms. The van der Waals surface area contributed by atoms with Crippen LogP contribution in [0.4, 0.5) is 0 Å². The van der Waals surface area contributed by atoms with Gasteiger partial charge in [0.1, 0.15) is 11.0 Å². The smallest absolute Gasteiger partial charge is 0.164 e. The lowest BCUT2D eigenvalue weighted by Crippen LogP contribution is -2.01. The summed E-state index contributed by atoms with van der Waals surface area (Å²) in [5.74, 6) is 1.77. The average Bonchev–Trinajstić information content (AvgIpc) is 3.82. The number of hydrogen-bond donors (Lipinski definition) is 0. The number of fused-ring (bicyclic) bond motifs is 5. The molecule has 0 saturated carbocycles. The summed E-state index contributed by atoms with van der Waals surface area (Å²) in [5, 5.41) is 3.13. The zero-order valence-corrected chi connectivity index (χ0v) is 32.4. The van der Waals surface area contributed by atoms with Crippen molar-refractivity contribution in [3.05, 3.63) is 194 Å². The van der Waals surface area contributed by atoms with Crippen molar-refractivity contribution in [3.8, 4) is 78.8 Å². The molecule has 11 aromatic rings. The van der Waals surface area contributed by atoms with Crippen molar-refractivity contribution in [2.24, 2.45) is 0 Å². The van der Waals surface area contributed by atoms with Crippen molar-refractivity contribution >= 4 is 44.4 Å². The molecule has 276 valence electrons. The van der Waals surface area contributed by atoms with E-state index in [1.807, 2.05) is 54.6 Å². The molecule has 0 fully saturated rings. The third-order valence-electron chi connectivity index (χ3n) is 10.8. The van der Waals surface area contributed by atoms with E-state index in [2.05, 4.69) is 140 Å². The van der Waals surface area contributed by atoms with E-state index < -0.39 is 0 Å². The van der Waals surface area contributed by atoms with Crippen molar-refractivity contribution in [3.63, 3.8) is 0 Å². The van der Waals surface area contributed by atoms with Crippen molar-refractivity contribution in [2.45, 2.75) is 0 Å². The summed E-state index contributed by atoms with van der Waals surface area (Å²) in [6.07, 6.45) is 0. The minimum Gasteiger partial charge on any atom is -0.247 e. The average molecular weight is 773 g/mol. The van der Waals surface area contributed by atoms with Crippen LogP contribution in [0.5, 0.6) is 0 Å². The molecule has 6 nitrogen and oxygen atoms in total. The molecule has 0 atom stereocenters. The lowest BCUT2D eigenvalue weighted by atomic mass is 9.93. The van der Waals surface area contributed by atoms with Gasteiger partial charge in [0.2, 0.25) is 0 Å². The van der Waals surface area contributed by atoms with Gasteiger partial charge in [-0.15, -0.1) is 0 Å². The van der Waals surface area contributed by atoms with Gasteiger partial charge in [-0.25, -0.2) is 19.9 Å². The lowest BCUT2D eigenvalue weighted by Gasteiger charge is -2.14. The predicted octanol–water partition coefficient (Wildman–Crippen LogP) is 13.2. The zero-order valence-electron chi connectivity index (χ0n) is 31.6. The second-order valence-corrected chi connectivity index (χ2v) is 15.0. The highest BCUT2D eigenvalue weighted by Gasteiger charge is 2.20. The number of para-hydroxylation sites is 1. The fraction of sp³-hybridized carbons (Fsp3) is 0. The normalized spacial score (nSPS) is 11.4. The minimum atomic E-state index is 0.577. The zero-order chi connectivity index (χ0) is 39.1. The standard InChI is InChI=1S/C52H32N6S/c1-5-16-33(17-6-1)39-29-40(34-18-7-2-8-19-34)31-41(30-39)52-55-50(36-22-11-4-12-23-36)54-51(56-52)38-25-15-24-37(28-38)43-32-44-46(49-48(43)57-59-58-49)42-26-13-14-27-45(42)53-47(44)35-20-9-3-10-21-35/h1-32H. The molecule has 0 amide bonds. The predicted molar refractivity (Wildman–Crippen MR) is 242 cm³/mol. The molecule has 3 heterocycles. The van der Waals surface area contributed by atoms with E-state index >= 15 is 0 Å². The molecule has 3 aromatic heterocycles. The molecule has 0 unspecified atom stereocenters. The SMILES string of the molecule is c1ccc(-c2cc(-c3ccccc3)cc(-c3nc(-c4ccccc4)nc(-c4cccc(-c5cc6c(-c7ccccc7)nc7ccccc7c6c6nsnc56)c4)n3)c2)cc1. The van der Waals surface area contributed by atoms with Crippen LogP contribution in [-0.2, 0) is 0 Å². The lowest BCUT2D eigenvalue weighted by molar-refractivity contribution is 1.07. The van der Waals surface area contributed by atoms with Crippen LogP contribution in [0.15, 0.2) is 194 Å². The first kappa shape index (κ1) is 34.5. The topological polar surface area (TPSA) is 77.3 Å². The number of benzene rings is 8. The Bertz CT molecular complexity index is 3260. The van der Waals surface area contributed by atoms with Gasteiger partial charge in [-0.05, 0) is 64.2 Å². The molecular formula is C52H32N6S. The quantitative estimate of drug-likeness (QED) is 0.150. The van der Waals surface area contributed by atoms with Gasteiger partial charge in [0.05, 0.1) is 22.9 Å². The monoisotopic (exact) mass is 772 g/mol. The first-order valence-electron chi connectivity index (χ1n) is 19.5. The summed E-state index contributed by atoms with van der Waals surface area (Å²) in [6, 6.07) is 66.9. The Balaban J connectivity index is 1.11. The molecule has 0 aliphatic rings. The Morgan fingerprint density at radius 1 is 0.305 bits per heavy atom. The molecule has 0 saturated heterocycles. The van der Waals surface area contributed by atoms with E-state index in [4.69, 9.17) is 28.7 Å². The largest absolute Gasteiger partial charge is 0.247 e. The van der Waals surface area contributed by atoms with Gasteiger partial charge >= 0.3 is 0 Å². The Kier molecular flexibility index (Phi) is 8.56. The Morgan fingerprint density at radius 2 is 0.780 bits per heavy atom. The van der Waals surface area contributed by atoms with Crippen LogP contribution in [-0.4, -0.2) is 28.7 Å². The molecule has 0 aliphatic heterocycles. The summed E-state index contributed by atoms with van der Waals surface area (Å²) in [5.41, 5.74) is 13.6. The molecule has 0 bridgehead atoms. The van der Waals surface area contributed by atoms with Crippen LogP contribution in [0.2, 0.25) is 0 Å². The van der Waals surface area contributed by atoms with Crippen LogP contribution >= 0.6 is 11.7 Å². The minimum absolute atomic E-state index is 0.577. The Hall–Kier alpha value is -7.74. The van der Waals surface area contributed by atoms with E-state index in [-0.39, 0.29) is 0 Å². The second-order valence-electron chi connectivity index (χ2n) is 14.4. The molecule has 0 aliphatic carbocycles. The molecule has 59 heavy (non-hydrogen) atoms. The van der Waals surface area contributed by atoms with Crippen molar-refractivity contribution in [1.82, 2.24) is 28.7 Å². The van der Waals surface area contributed by atoms with Gasteiger partial charge < -0.3 is 0 Å². The molecule has 11 rings (SSSR count). The van der Waals surface area contributed by atoms with Crippen LogP contribution in [0, 0.1) is 0 Å². The number of hydrogen-bond acceptors (Lipinski definition) is 7. The van der Waals surface area contributed by atoms with E-state index in [9.17, 15) is 0 Å². The van der Waals surface area contributed by atoms with Gasteiger partial charge in [-0.2, -0.15) is 8.75 Å². The maximum atomic E-state index is 5.24. The van der Waals surface area contributed by atoms with Gasteiger partial charge in [-0.3, -0.25) is 0 Å². The first-order valence-corrected chi connectivity index (χ1v) is 20.2. The third-order valence-corrected chi connectivity index (χ3v) is 11.3. The first-order chi connectivity index (χ1) is 29.2. The highest BCUT2D eigenvalue weighted by atomic mass is 32.1. The Morgan fingerprint density at radius 3 is 1.44 bits per heavy atom. The molecule has 8 aromatic carbocycles. The molecule has 0 radical (unpaired) electrons. The summed E-state index contributed by atoms with van der Waals surface area (Å²) in [6.45, 7) is 0.